The predicted molar refractivity (Wildman–Crippen MR) is 68.9 cm³/mol. The monoisotopic (exact) mass is 263 g/mol. The number of rotatable bonds is 4. The van der Waals surface area contributed by atoms with Crippen molar-refractivity contribution in [2.45, 2.75) is 0 Å². The third-order valence-electron chi connectivity index (χ3n) is 2.27. The molecule has 2 rings (SSSR count). The van der Waals surface area contributed by atoms with Crippen LogP contribution in [0.5, 0.6) is 11.8 Å². The molecule has 0 fully saturated rings. The van der Waals surface area contributed by atoms with E-state index in [0.717, 1.165) is 0 Å². The number of H-pyrrole nitrogens is 1. The van der Waals surface area contributed by atoms with Gasteiger partial charge in [-0.1, -0.05) is 0 Å². The lowest BCUT2D eigenvalue weighted by Crippen LogP contribution is -1.92. The van der Waals surface area contributed by atoms with Gasteiger partial charge < -0.3 is 20.9 Å². The van der Waals surface area contributed by atoms with Crippen LogP contribution in [0.25, 0.3) is 0 Å². The Hall–Kier alpha value is -2.84. The van der Waals surface area contributed by atoms with Crippen molar-refractivity contribution >= 4 is 23.0 Å². The van der Waals surface area contributed by atoms with E-state index in [0.29, 0.717) is 11.6 Å². The number of methoxy groups -OCH3 is 2. The van der Waals surface area contributed by atoms with Gasteiger partial charge in [0.05, 0.1) is 14.2 Å². The van der Waals surface area contributed by atoms with Crippen LogP contribution >= 0.6 is 0 Å². The number of ether oxygens (including phenoxy) is 2. The van der Waals surface area contributed by atoms with E-state index in [1.165, 1.54) is 14.2 Å². The van der Waals surface area contributed by atoms with E-state index >= 15 is 0 Å². The van der Waals surface area contributed by atoms with E-state index in [2.05, 4.69) is 25.4 Å². The van der Waals surface area contributed by atoms with Gasteiger partial charge in [0.1, 0.15) is 11.5 Å². The molecule has 0 amide bonds. The van der Waals surface area contributed by atoms with Crippen molar-refractivity contribution in [2.75, 3.05) is 25.7 Å². The van der Waals surface area contributed by atoms with Crippen LogP contribution in [0.4, 0.5) is 23.0 Å². The molecule has 5 N–H and O–H groups in total. The molecule has 9 heteroatoms. The van der Waals surface area contributed by atoms with Crippen LogP contribution in [-0.2, 0) is 0 Å². The highest BCUT2D eigenvalue weighted by Crippen LogP contribution is 2.32. The van der Waals surface area contributed by atoms with Gasteiger partial charge in [0.25, 0.3) is 0 Å². The Kier molecular flexibility index (Phi) is 3.46. The second kappa shape index (κ2) is 5.21. The molecule has 0 aliphatic heterocycles. The fourth-order valence-electron chi connectivity index (χ4n) is 1.33. The third kappa shape index (κ3) is 2.54. The van der Waals surface area contributed by atoms with E-state index in [1.807, 2.05) is 0 Å². The van der Waals surface area contributed by atoms with Gasteiger partial charge in [-0.2, -0.15) is 10.1 Å². The zero-order chi connectivity index (χ0) is 13.8. The molecule has 100 valence electrons. The molecular formula is C10H13N7O2. The third-order valence-corrected chi connectivity index (χ3v) is 2.27. The van der Waals surface area contributed by atoms with Gasteiger partial charge in [-0.05, 0) is 6.07 Å². The second-order valence-electron chi connectivity index (χ2n) is 3.45. The summed E-state index contributed by atoms with van der Waals surface area (Å²) in [5, 5.41) is 14.1. The first kappa shape index (κ1) is 12.6. The van der Waals surface area contributed by atoms with Crippen LogP contribution < -0.4 is 20.9 Å². The van der Waals surface area contributed by atoms with Gasteiger partial charge in [0.2, 0.25) is 11.8 Å². The van der Waals surface area contributed by atoms with Gasteiger partial charge in [-0.3, -0.25) is 5.10 Å². The van der Waals surface area contributed by atoms with Crippen LogP contribution in [-0.4, -0.2) is 29.4 Å². The number of azo groups is 1. The summed E-state index contributed by atoms with van der Waals surface area (Å²) in [6.07, 6.45) is 0. The topological polar surface area (TPSA) is 137 Å². The van der Waals surface area contributed by atoms with Crippen molar-refractivity contribution in [3.8, 4) is 11.8 Å². The number of nitrogen functional groups attached to an aromatic ring is 2. The molecule has 0 unspecified atom stereocenters. The first-order chi connectivity index (χ1) is 9.15. The van der Waals surface area contributed by atoms with Gasteiger partial charge in [-0.25, -0.2) is 0 Å². The maximum absolute atomic E-state index is 5.60. The van der Waals surface area contributed by atoms with Gasteiger partial charge in [0.15, 0.2) is 11.5 Å². The largest absolute Gasteiger partial charge is 0.481 e. The Morgan fingerprint density at radius 1 is 1.16 bits per heavy atom. The van der Waals surface area contributed by atoms with Crippen LogP contribution in [0.2, 0.25) is 0 Å². The van der Waals surface area contributed by atoms with Crippen LogP contribution in [0.3, 0.4) is 0 Å². The maximum Gasteiger partial charge on any atom is 0.244 e. The first-order valence-corrected chi connectivity index (χ1v) is 5.25. The van der Waals surface area contributed by atoms with Crippen molar-refractivity contribution in [3.05, 3.63) is 12.1 Å². The molecule has 2 aromatic heterocycles. The Morgan fingerprint density at radius 3 is 2.53 bits per heavy atom. The molecule has 0 saturated carbocycles. The predicted octanol–water partition coefficient (Wildman–Crippen LogP) is 1.40. The van der Waals surface area contributed by atoms with Crippen LogP contribution in [0.1, 0.15) is 0 Å². The quantitative estimate of drug-likeness (QED) is 0.713. The van der Waals surface area contributed by atoms with Crippen molar-refractivity contribution in [3.63, 3.8) is 0 Å². The molecule has 0 aromatic carbocycles. The number of nitrogens with two attached hydrogens (primary N) is 2. The van der Waals surface area contributed by atoms with Crippen molar-refractivity contribution in [1.29, 1.82) is 0 Å². The van der Waals surface area contributed by atoms with Gasteiger partial charge in [-0.15, -0.1) is 10.2 Å². The maximum atomic E-state index is 5.60. The first-order valence-electron chi connectivity index (χ1n) is 5.25. The molecule has 0 saturated heterocycles. The number of nitrogens with zero attached hydrogens (tertiary/aromatic N) is 4. The summed E-state index contributed by atoms with van der Waals surface area (Å²) >= 11 is 0. The minimum absolute atomic E-state index is 0.168. The molecule has 2 heterocycles. The van der Waals surface area contributed by atoms with Gasteiger partial charge in [0, 0.05) is 6.07 Å². The lowest BCUT2D eigenvalue weighted by molar-refractivity contribution is 0.365. The summed E-state index contributed by atoms with van der Waals surface area (Å²) in [5.74, 6) is 1.10. The molecule has 0 radical (unpaired) electrons. The number of pyridine rings is 1. The highest BCUT2D eigenvalue weighted by molar-refractivity contribution is 5.70. The summed E-state index contributed by atoms with van der Waals surface area (Å²) < 4.78 is 10.1. The van der Waals surface area contributed by atoms with Crippen molar-refractivity contribution in [2.24, 2.45) is 10.2 Å². The lowest BCUT2D eigenvalue weighted by atomic mass is 10.4. The molecule has 0 atom stereocenters. The van der Waals surface area contributed by atoms with E-state index < -0.39 is 0 Å². The highest BCUT2D eigenvalue weighted by Gasteiger charge is 2.09. The molecule has 9 nitrogen and oxygen atoms in total. The molecule has 19 heavy (non-hydrogen) atoms. The summed E-state index contributed by atoms with van der Waals surface area (Å²) in [5.41, 5.74) is 11.9. The zero-order valence-corrected chi connectivity index (χ0v) is 10.4. The minimum Gasteiger partial charge on any atom is -0.481 e. The Balaban J connectivity index is 2.33. The second-order valence-corrected chi connectivity index (χ2v) is 3.45. The van der Waals surface area contributed by atoms with Crippen LogP contribution in [0, 0.1) is 0 Å². The van der Waals surface area contributed by atoms with Gasteiger partial charge >= 0.3 is 0 Å². The normalized spacial score (nSPS) is 10.8. The molecule has 0 bridgehead atoms. The number of nitrogens with one attached hydrogen (secondary N) is 1. The van der Waals surface area contributed by atoms with E-state index in [9.17, 15) is 0 Å². The fourth-order valence-corrected chi connectivity index (χ4v) is 1.33. The number of hydrogen-bond acceptors (Lipinski definition) is 8. The molecule has 2 aromatic rings. The van der Waals surface area contributed by atoms with E-state index in [-0.39, 0.29) is 23.2 Å². The fraction of sp³-hybridized carbons (Fsp3) is 0.200. The van der Waals surface area contributed by atoms with Crippen molar-refractivity contribution in [1.82, 2.24) is 15.2 Å². The standard InChI is InChI=1S/C10H13N7O2/c1-18-6-4-3-5(10(13-6)19-2)14-15-7-8(11)16-17-9(7)12/h3-4H,1-2H3,(H5,11,12,16,17). The zero-order valence-electron chi connectivity index (χ0n) is 10.4. The molecule has 0 spiro atoms. The average molecular weight is 263 g/mol. The molecule has 0 aliphatic carbocycles. The SMILES string of the molecule is COc1ccc(N=Nc2c(N)n[nH]c2N)c(OC)n1. The Morgan fingerprint density at radius 2 is 1.95 bits per heavy atom. The number of hydrogen-bond donors (Lipinski definition) is 3. The molecule has 0 aliphatic rings. The Labute approximate surface area is 108 Å². The van der Waals surface area contributed by atoms with E-state index in [4.69, 9.17) is 20.9 Å². The summed E-state index contributed by atoms with van der Waals surface area (Å²) in [6.45, 7) is 0. The van der Waals surface area contributed by atoms with Crippen LogP contribution in [0.15, 0.2) is 22.4 Å². The summed E-state index contributed by atoms with van der Waals surface area (Å²) in [4.78, 5) is 4.07. The summed E-state index contributed by atoms with van der Waals surface area (Å²) in [6, 6.07) is 3.29. The highest BCUT2D eigenvalue weighted by atomic mass is 16.5. The van der Waals surface area contributed by atoms with E-state index in [1.54, 1.807) is 12.1 Å². The Bertz CT molecular complexity index is 588. The number of anilines is 2. The number of aromatic amines is 1. The van der Waals surface area contributed by atoms with Crippen molar-refractivity contribution < 1.29 is 9.47 Å². The average Bonchev–Trinajstić information content (AvgIpc) is 2.75. The summed E-state index contributed by atoms with van der Waals surface area (Å²) in [7, 11) is 2.98. The smallest absolute Gasteiger partial charge is 0.244 e. The lowest BCUT2D eigenvalue weighted by Gasteiger charge is -2.04. The number of aromatic nitrogens is 3. The minimum atomic E-state index is 0.168. The molecular weight excluding hydrogens is 250 g/mol.